The lowest BCUT2D eigenvalue weighted by molar-refractivity contribution is -0.753. The van der Waals surface area contributed by atoms with Crippen LogP contribution in [0.1, 0.15) is 19.0 Å². The molecular weight excluding hydrogens is 644 g/mol. The van der Waals surface area contributed by atoms with Crippen molar-refractivity contribution in [2.45, 2.75) is 38.1 Å². The van der Waals surface area contributed by atoms with Crippen LogP contribution >= 0.6 is 11.3 Å². The van der Waals surface area contributed by atoms with E-state index in [4.69, 9.17) is 32.4 Å². The third-order valence-corrected chi connectivity index (χ3v) is 8.54. The number of amidine groups is 1. The molecule has 0 aliphatic carbocycles. The minimum Gasteiger partial charge on any atom is -0.489 e. The van der Waals surface area contributed by atoms with Crippen LogP contribution in [0.25, 0.3) is 11.1 Å². The predicted molar refractivity (Wildman–Crippen MR) is 165 cm³/mol. The summed E-state index contributed by atoms with van der Waals surface area (Å²) >= 11 is 0.994. The van der Waals surface area contributed by atoms with Gasteiger partial charge in [0, 0.05) is 5.38 Å². The molecule has 3 aromatic rings. The number of hydrazone groups is 1. The van der Waals surface area contributed by atoms with Crippen LogP contribution in [0.4, 0.5) is 5.13 Å². The van der Waals surface area contributed by atoms with E-state index in [2.05, 4.69) is 30.4 Å². The number of aryl methyl sites for hydroxylation is 2. The first-order valence-corrected chi connectivity index (χ1v) is 15.9. The molecule has 3 atom stereocenters. The number of nitrogens with zero attached hydrogens (tertiary/aromatic N) is 7. The van der Waals surface area contributed by atoms with Gasteiger partial charge in [-0.1, -0.05) is 17.3 Å². The van der Waals surface area contributed by atoms with Crippen molar-refractivity contribution in [1.82, 2.24) is 19.3 Å². The maximum absolute atomic E-state index is 13.2. The minimum absolute atomic E-state index is 0.0272. The highest BCUT2D eigenvalue weighted by atomic mass is 32.2. The lowest BCUT2D eigenvalue weighted by atomic mass is 10.0. The Morgan fingerprint density at radius 2 is 2.02 bits per heavy atom. The molecule has 0 saturated carbocycles. The standard InChI is InChI=1S/C25H32N12O7S2/c1-14-20(24(39)37(14)46(40,41)42)31-23(38)21(18-13-45-25(27)30-18)34-44-19(22(32-28)33-29)12-43-17-6-4-15(5-7-17)16-10-35(2)36(11-16)9-3-8-26/h4-7,10-11,13-14,19-20H,3,8-9,12,26H2,1-2H3,(H6-,27,28,29,30,31,38,40,41,42)/p+1/b34-21-/t14-,19-,20-/m0/s1. The molecule has 4 rings (SSSR count). The molecule has 1 fully saturated rings. The van der Waals surface area contributed by atoms with Crippen LogP contribution in [-0.4, -0.2) is 81.6 Å². The number of anilines is 1. The third kappa shape index (κ3) is 7.62. The number of thiazole rings is 1. The summed E-state index contributed by atoms with van der Waals surface area (Å²) in [5.74, 6) is 3.48. The van der Waals surface area contributed by atoms with Gasteiger partial charge in [0.15, 0.2) is 17.9 Å². The fraction of sp³-hybridized carbons (Fsp3) is 0.360. The second kappa shape index (κ2) is 14.4. The molecule has 1 aliphatic rings. The van der Waals surface area contributed by atoms with Gasteiger partial charge in [0.25, 0.3) is 11.8 Å². The molecular formula is C25H33N12O7S2+. The Hall–Kier alpha value is -4.99. The topological polar surface area (TPSA) is 283 Å². The van der Waals surface area contributed by atoms with Gasteiger partial charge in [0.2, 0.25) is 18.1 Å². The first kappa shape index (κ1) is 33.9. The third-order valence-electron chi connectivity index (χ3n) is 6.86. The zero-order valence-electron chi connectivity index (χ0n) is 24.7. The van der Waals surface area contributed by atoms with Crippen LogP contribution in [0, 0.1) is 5.53 Å². The van der Waals surface area contributed by atoms with Gasteiger partial charge in [-0.25, -0.2) is 14.8 Å². The molecule has 3 heterocycles. The van der Waals surface area contributed by atoms with Crippen LogP contribution in [0.2, 0.25) is 0 Å². The van der Waals surface area contributed by atoms with Gasteiger partial charge in [0.1, 0.15) is 24.1 Å². The van der Waals surface area contributed by atoms with Crippen molar-refractivity contribution in [2.24, 2.45) is 34.0 Å². The maximum atomic E-state index is 13.2. The number of carbonyl (C=O) groups is 2. The van der Waals surface area contributed by atoms with Gasteiger partial charge in [-0.2, -0.15) is 18.2 Å². The molecule has 46 heavy (non-hydrogen) atoms. The van der Waals surface area contributed by atoms with Crippen molar-refractivity contribution in [2.75, 3.05) is 18.9 Å². The predicted octanol–water partition coefficient (Wildman–Crippen LogP) is -0.643. The monoisotopic (exact) mass is 677 g/mol. The van der Waals surface area contributed by atoms with Gasteiger partial charge in [-0.15, -0.1) is 21.1 Å². The summed E-state index contributed by atoms with van der Waals surface area (Å²) < 4.78 is 42.2. The number of aromatic nitrogens is 3. The average molecular weight is 678 g/mol. The van der Waals surface area contributed by atoms with Crippen molar-refractivity contribution < 1.29 is 36.8 Å². The van der Waals surface area contributed by atoms with E-state index >= 15 is 0 Å². The summed E-state index contributed by atoms with van der Waals surface area (Å²) in [7, 11) is -2.87. The summed E-state index contributed by atoms with van der Waals surface area (Å²) in [5, 5.41) is 14.4. The van der Waals surface area contributed by atoms with Crippen LogP contribution in [-0.2, 0) is 38.3 Å². The number of oxime groups is 1. The van der Waals surface area contributed by atoms with Gasteiger partial charge < -0.3 is 32.2 Å². The number of hydrogen-bond acceptors (Lipinski definition) is 14. The van der Waals surface area contributed by atoms with Crippen LogP contribution in [0.3, 0.4) is 0 Å². The van der Waals surface area contributed by atoms with Crippen LogP contribution in [0.5, 0.6) is 5.75 Å². The molecule has 0 radical (unpaired) electrons. The maximum Gasteiger partial charge on any atom is 0.362 e. The molecule has 1 aliphatic heterocycles. The number of carbonyl (C=O) groups excluding carboxylic acids is 2. The largest absolute Gasteiger partial charge is 0.489 e. The number of nitrogens with one attached hydrogen (secondary N) is 2. The second-order valence-electron chi connectivity index (χ2n) is 9.94. The highest BCUT2D eigenvalue weighted by Crippen LogP contribution is 2.24. The van der Waals surface area contributed by atoms with E-state index in [1.807, 2.05) is 36.3 Å². The molecule has 2 amide bonds. The highest BCUT2D eigenvalue weighted by molar-refractivity contribution is 7.84. The molecule has 9 N–H and O–H groups in total. The fourth-order valence-corrected chi connectivity index (χ4v) is 5.90. The number of benzene rings is 1. The molecule has 0 bridgehead atoms. The van der Waals surface area contributed by atoms with Gasteiger partial charge >= 0.3 is 10.3 Å². The lowest BCUT2D eigenvalue weighted by Gasteiger charge is -2.42. The summed E-state index contributed by atoms with van der Waals surface area (Å²) in [4.78, 5) is 35.0. The van der Waals surface area contributed by atoms with E-state index in [0.29, 0.717) is 12.3 Å². The first-order valence-electron chi connectivity index (χ1n) is 13.6. The molecule has 21 heteroatoms. The van der Waals surface area contributed by atoms with Gasteiger partial charge in [0.05, 0.1) is 24.3 Å². The molecule has 1 aromatic carbocycles. The summed E-state index contributed by atoms with van der Waals surface area (Å²) in [6.07, 6.45) is 3.57. The Balaban J connectivity index is 1.49. The quantitative estimate of drug-likeness (QED) is 0.0182. The Labute approximate surface area is 267 Å². The molecule has 246 valence electrons. The minimum atomic E-state index is -4.81. The average Bonchev–Trinajstić information content (AvgIpc) is 3.62. The van der Waals surface area contributed by atoms with E-state index in [-0.39, 0.29) is 27.6 Å². The number of ether oxygens (including phenoxy) is 1. The number of nitrogens with two attached hydrogens (primary N) is 3. The highest BCUT2D eigenvalue weighted by Gasteiger charge is 2.51. The number of nitrogen functional groups attached to an aromatic ring is 1. The van der Waals surface area contributed by atoms with Crippen molar-refractivity contribution in [1.29, 1.82) is 5.53 Å². The van der Waals surface area contributed by atoms with Crippen molar-refractivity contribution in [3.8, 4) is 16.9 Å². The second-order valence-corrected chi connectivity index (χ2v) is 12.1. The lowest BCUT2D eigenvalue weighted by Crippen LogP contribution is -2.71. The van der Waals surface area contributed by atoms with Gasteiger partial charge in [-0.05, 0) is 37.6 Å². The Morgan fingerprint density at radius 3 is 2.59 bits per heavy atom. The smallest absolute Gasteiger partial charge is 0.362 e. The summed E-state index contributed by atoms with van der Waals surface area (Å²) in [6.45, 7) is 2.40. The number of rotatable bonds is 14. The van der Waals surface area contributed by atoms with E-state index in [9.17, 15) is 22.6 Å². The van der Waals surface area contributed by atoms with E-state index in [1.54, 1.807) is 12.1 Å². The normalized spacial score (nSPS) is 17.7. The Kier molecular flexibility index (Phi) is 10.6. The molecule has 0 spiro atoms. The number of amides is 2. The van der Waals surface area contributed by atoms with E-state index in [1.165, 1.54) is 12.3 Å². The summed E-state index contributed by atoms with van der Waals surface area (Å²) in [6, 6.07) is 4.80. The van der Waals surface area contributed by atoms with E-state index < -0.39 is 46.0 Å². The Morgan fingerprint density at radius 1 is 1.30 bits per heavy atom. The first-order chi connectivity index (χ1) is 21.9. The van der Waals surface area contributed by atoms with Crippen molar-refractivity contribution >= 4 is 50.1 Å². The zero-order chi connectivity index (χ0) is 33.6. The SMILES string of the molecule is C[C@H]1[C@H](NC(=O)/C(=N\O[C@@H](COc2ccc(-c3cn(CCCN)[n+](C)c3)cc2)/C(N=N)=N/N)c2csc(N)n2)C(=O)N1S(=O)(=O)O. The molecule has 1 saturated heterocycles. The van der Waals surface area contributed by atoms with Crippen molar-refractivity contribution in [3.63, 3.8) is 0 Å². The zero-order valence-corrected chi connectivity index (χ0v) is 26.3. The van der Waals surface area contributed by atoms with E-state index in [0.717, 1.165) is 35.4 Å². The number of β-lactam (4-membered cyclic amide) rings is 1. The van der Waals surface area contributed by atoms with Crippen LogP contribution in [0.15, 0.2) is 57.4 Å². The molecule has 0 unspecified atom stereocenters. The van der Waals surface area contributed by atoms with Gasteiger partial charge in [-0.3, -0.25) is 14.1 Å². The number of hydrogen-bond donors (Lipinski definition) is 6. The molecule has 2 aromatic heterocycles. The fourth-order valence-electron chi connectivity index (χ4n) is 4.47. The van der Waals surface area contributed by atoms with Crippen LogP contribution < -0.4 is 32.0 Å². The van der Waals surface area contributed by atoms with Crippen molar-refractivity contribution in [3.05, 3.63) is 47.7 Å². The summed E-state index contributed by atoms with van der Waals surface area (Å²) in [5.41, 5.74) is 20.2. The molecule has 19 nitrogen and oxygen atoms in total. The Bertz CT molecular complexity index is 1750.